The van der Waals surface area contributed by atoms with Crippen molar-refractivity contribution in [3.8, 4) is 0 Å². The highest BCUT2D eigenvalue weighted by atomic mass is 35.5. The summed E-state index contributed by atoms with van der Waals surface area (Å²) in [6.45, 7) is 2.48. The van der Waals surface area contributed by atoms with Crippen LogP contribution in [0.15, 0.2) is 0 Å². The number of nitrogens with one attached hydrogen (secondary N) is 1. The Hall–Kier alpha value is -0.320. The van der Waals surface area contributed by atoms with Gasteiger partial charge in [0.2, 0.25) is 0 Å². The maximum absolute atomic E-state index is 11.0. The Morgan fingerprint density at radius 2 is 2.38 bits per heavy atom. The smallest absolute Gasteiger partial charge is 0.313 e. The summed E-state index contributed by atoms with van der Waals surface area (Å²) in [5.41, 5.74) is -0.627. The van der Waals surface area contributed by atoms with Crippen LogP contribution in [-0.2, 0) is 9.53 Å². The van der Waals surface area contributed by atoms with Gasteiger partial charge in [-0.25, -0.2) is 0 Å². The molecule has 0 spiro atoms. The van der Waals surface area contributed by atoms with Crippen LogP contribution in [0.1, 0.15) is 6.42 Å². The Balaban J connectivity index is 0.000000845. The Bertz CT molecular complexity index is 212. The number of carboxylic acid groups (broad SMARTS) is 1. The summed E-state index contributed by atoms with van der Waals surface area (Å²) in [7, 11) is 0. The molecule has 0 aromatic rings. The van der Waals surface area contributed by atoms with Crippen molar-refractivity contribution in [1.29, 1.82) is 0 Å². The molecule has 4 nitrogen and oxygen atoms in total. The first-order chi connectivity index (χ1) is 5.76. The van der Waals surface area contributed by atoms with E-state index in [4.69, 9.17) is 9.84 Å². The fourth-order valence-electron chi connectivity index (χ4n) is 2.15. The Morgan fingerprint density at radius 1 is 1.62 bits per heavy atom. The minimum atomic E-state index is -0.711. The number of hydrogen-bond donors (Lipinski definition) is 2. The quantitative estimate of drug-likeness (QED) is 0.641. The summed E-state index contributed by atoms with van der Waals surface area (Å²) in [5, 5.41) is 12.2. The second-order valence-corrected chi connectivity index (χ2v) is 3.63. The van der Waals surface area contributed by atoms with Crippen molar-refractivity contribution in [2.75, 3.05) is 26.3 Å². The number of aliphatic carboxylic acids is 1. The van der Waals surface area contributed by atoms with E-state index in [-0.39, 0.29) is 18.3 Å². The van der Waals surface area contributed by atoms with Crippen molar-refractivity contribution in [2.24, 2.45) is 11.3 Å². The maximum atomic E-state index is 11.0. The molecule has 0 amide bonds. The predicted molar refractivity (Wildman–Crippen MR) is 49.1 cm³/mol. The van der Waals surface area contributed by atoms with Gasteiger partial charge in [0.15, 0.2) is 0 Å². The van der Waals surface area contributed by atoms with Crippen LogP contribution >= 0.6 is 12.4 Å². The minimum absolute atomic E-state index is 0. The third-order valence-corrected chi connectivity index (χ3v) is 3.01. The molecule has 0 saturated carbocycles. The van der Waals surface area contributed by atoms with Crippen molar-refractivity contribution in [3.63, 3.8) is 0 Å². The second kappa shape index (κ2) is 3.82. The number of carboxylic acids is 1. The molecule has 76 valence electrons. The average molecular weight is 208 g/mol. The number of ether oxygens (including phenoxy) is 1. The van der Waals surface area contributed by atoms with Crippen LogP contribution in [0.3, 0.4) is 0 Å². The zero-order valence-electron chi connectivity index (χ0n) is 7.28. The van der Waals surface area contributed by atoms with Gasteiger partial charge in [0.25, 0.3) is 0 Å². The predicted octanol–water partition coefficient (Wildman–Crippen LogP) is 0.119. The van der Waals surface area contributed by atoms with Gasteiger partial charge in [-0.1, -0.05) is 0 Å². The summed E-state index contributed by atoms with van der Waals surface area (Å²) in [6.07, 6.45) is 0.874. The molecule has 2 fully saturated rings. The van der Waals surface area contributed by atoms with Gasteiger partial charge in [-0.2, -0.15) is 0 Å². The number of fused-ring (bicyclic) bond motifs is 1. The molecule has 0 radical (unpaired) electrons. The first-order valence-corrected chi connectivity index (χ1v) is 4.27. The van der Waals surface area contributed by atoms with Gasteiger partial charge in [0.1, 0.15) is 5.41 Å². The molecule has 0 aromatic carbocycles. The van der Waals surface area contributed by atoms with E-state index in [0.717, 1.165) is 13.0 Å². The van der Waals surface area contributed by atoms with Gasteiger partial charge < -0.3 is 15.2 Å². The zero-order valence-corrected chi connectivity index (χ0v) is 8.10. The lowest BCUT2D eigenvalue weighted by Gasteiger charge is -2.34. The molecule has 13 heavy (non-hydrogen) atoms. The zero-order chi connectivity index (χ0) is 8.60. The monoisotopic (exact) mass is 207 g/mol. The lowest BCUT2D eigenvalue weighted by Crippen LogP contribution is -2.46. The standard InChI is InChI=1S/C8H13NO3.ClH/c10-7(11)8-4-9-3-6(8)1-2-12-5-8;/h6,9H,1-5H2,(H,10,11);1H/t6-,8+;/m1./s1. The first-order valence-electron chi connectivity index (χ1n) is 4.27. The van der Waals surface area contributed by atoms with Gasteiger partial charge in [-0.05, 0) is 18.9 Å². The molecule has 5 heteroatoms. The van der Waals surface area contributed by atoms with Crippen molar-refractivity contribution in [3.05, 3.63) is 0 Å². The molecule has 0 bridgehead atoms. The molecule has 0 aromatic heterocycles. The summed E-state index contributed by atoms with van der Waals surface area (Å²) >= 11 is 0. The van der Waals surface area contributed by atoms with E-state index < -0.39 is 11.4 Å². The lowest BCUT2D eigenvalue weighted by molar-refractivity contribution is -0.159. The average Bonchev–Trinajstić information content (AvgIpc) is 2.48. The topological polar surface area (TPSA) is 58.6 Å². The van der Waals surface area contributed by atoms with E-state index in [0.29, 0.717) is 19.8 Å². The molecule has 2 atom stereocenters. The lowest BCUT2D eigenvalue weighted by atomic mass is 9.76. The van der Waals surface area contributed by atoms with Crippen molar-refractivity contribution in [2.45, 2.75) is 6.42 Å². The van der Waals surface area contributed by atoms with Crippen LogP contribution in [0, 0.1) is 11.3 Å². The molecule has 2 rings (SSSR count). The van der Waals surface area contributed by atoms with Gasteiger partial charge in [-0.15, -0.1) is 12.4 Å². The van der Waals surface area contributed by atoms with Crippen LogP contribution in [0.5, 0.6) is 0 Å². The molecule has 2 saturated heterocycles. The van der Waals surface area contributed by atoms with E-state index in [9.17, 15) is 4.79 Å². The van der Waals surface area contributed by atoms with Crippen LogP contribution in [0.25, 0.3) is 0 Å². The van der Waals surface area contributed by atoms with Gasteiger partial charge in [0, 0.05) is 13.2 Å². The Morgan fingerprint density at radius 3 is 3.00 bits per heavy atom. The van der Waals surface area contributed by atoms with Crippen molar-refractivity contribution in [1.82, 2.24) is 5.32 Å². The molecular formula is C8H14ClNO3. The van der Waals surface area contributed by atoms with Crippen LogP contribution < -0.4 is 5.32 Å². The molecule has 2 aliphatic heterocycles. The highest BCUT2D eigenvalue weighted by molar-refractivity contribution is 5.85. The Labute approximate surface area is 83.1 Å². The molecular weight excluding hydrogens is 194 g/mol. The maximum Gasteiger partial charge on any atom is 0.313 e. The van der Waals surface area contributed by atoms with E-state index >= 15 is 0 Å². The highest BCUT2D eigenvalue weighted by Crippen LogP contribution is 2.37. The van der Waals surface area contributed by atoms with E-state index in [1.165, 1.54) is 0 Å². The second-order valence-electron chi connectivity index (χ2n) is 3.63. The molecule has 2 aliphatic rings. The summed E-state index contributed by atoms with van der Waals surface area (Å²) < 4.78 is 5.23. The third kappa shape index (κ3) is 1.54. The van der Waals surface area contributed by atoms with Gasteiger partial charge in [-0.3, -0.25) is 4.79 Å². The number of halogens is 1. The summed E-state index contributed by atoms with van der Waals surface area (Å²) in [6, 6.07) is 0. The normalized spacial score (nSPS) is 37.7. The van der Waals surface area contributed by atoms with Crippen molar-refractivity contribution < 1.29 is 14.6 Å². The van der Waals surface area contributed by atoms with Crippen LogP contribution in [0.4, 0.5) is 0 Å². The number of rotatable bonds is 1. The first kappa shape index (κ1) is 10.8. The fourth-order valence-corrected chi connectivity index (χ4v) is 2.15. The van der Waals surface area contributed by atoms with Gasteiger partial charge >= 0.3 is 5.97 Å². The third-order valence-electron chi connectivity index (χ3n) is 3.01. The molecule has 2 N–H and O–H groups in total. The summed E-state index contributed by atoms with van der Waals surface area (Å²) in [4.78, 5) is 11.0. The number of hydrogen-bond acceptors (Lipinski definition) is 3. The largest absolute Gasteiger partial charge is 0.481 e. The van der Waals surface area contributed by atoms with Crippen LogP contribution in [0.2, 0.25) is 0 Å². The SMILES string of the molecule is Cl.O=C(O)[C@]12CNC[C@H]1CCOC2. The van der Waals surface area contributed by atoms with E-state index in [1.807, 2.05) is 0 Å². The van der Waals surface area contributed by atoms with Gasteiger partial charge in [0.05, 0.1) is 6.61 Å². The Kier molecular flexibility index (Phi) is 3.16. The molecule has 2 heterocycles. The highest BCUT2D eigenvalue weighted by Gasteiger charge is 2.51. The van der Waals surface area contributed by atoms with E-state index in [1.54, 1.807) is 0 Å². The van der Waals surface area contributed by atoms with Crippen molar-refractivity contribution >= 4 is 18.4 Å². The summed E-state index contributed by atoms with van der Waals surface area (Å²) in [5.74, 6) is -0.444. The number of carbonyl (C=O) groups is 1. The van der Waals surface area contributed by atoms with Crippen LogP contribution in [-0.4, -0.2) is 37.4 Å². The fraction of sp³-hybridized carbons (Fsp3) is 0.875. The van der Waals surface area contributed by atoms with E-state index in [2.05, 4.69) is 5.32 Å². The minimum Gasteiger partial charge on any atom is -0.481 e. The molecule has 0 unspecified atom stereocenters. The molecule has 0 aliphatic carbocycles.